The standard InChI is InChI=1S/C12H17N3OS/c1-8(2)10(11(13)16)15-12(17)14-9-6-4-3-5-7-9/h3-8,10H,1-2H3,(H2,13,16)(H2,14,15,17). The molecule has 0 saturated carbocycles. The Hall–Kier alpha value is -1.62. The van der Waals surface area contributed by atoms with Gasteiger partial charge in [-0.1, -0.05) is 32.0 Å². The minimum Gasteiger partial charge on any atom is -0.368 e. The Balaban J connectivity index is 2.57. The number of anilines is 1. The molecular weight excluding hydrogens is 234 g/mol. The van der Waals surface area contributed by atoms with E-state index in [4.69, 9.17) is 18.0 Å². The quantitative estimate of drug-likeness (QED) is 0.709. The number of nitrogens with two attached hydrogens (primary N) is 1. The number of amides is 1. The molecule has 1 aromatic carbocycles. The number of hydrogen-bond acceptors (Lipinski definition) is 2. The normalized spacial score (nSPS) is 11.9. The van der Waals surface area contributed by atoms with Crippen molar-refractivity contribution in [3.05, 3.63) is 30.3 Å². The number of nitrogens with one attached hydrogen (secondary N) is 2. The van der Waals surface area contributed by atoms with E-state index in [-0.39, 0.29) is 5.92 Å². The zero-order chi connectivity index (χ0) is 12.8. The predicted octanol–water partition coefficient (Wildman–Crippen LogP) is 1.48. The highest BCUT2D eigenvalue weighted by Gasteiger charge is 2.19. The van der Waals surface area contributed by atoms with E-state index in [1.165, 1.54) is 0 Å². The first-order chi connectivity index (χ1) is 8.00. The lowest BCUT2D eigenvalue weighted by atomic mass is 10.0. The summed E-state index contributed by atoms with van der Waals surface area (Å²) in [6.07, 6.45) is 0. The number of carbonyl (C=O) groups excluding carboxylic acids is 1. The molecule has 5 heteroatoms. The van der Waals surface area contributed by atoms with Crippen molar-refractivity contribution in [2.75, 3.05) is 5.32 Å². The van der Waals surface area contributed by atoms with Crippen molar-refractivity contribution in [1.82, 2.24) is 5.32 Å². The van der Waals surface area contributed by atoms with E-state index in [1.54, 1.807) is 0 Å². The van der Waals surface area contributed by atoms with Crippen molar-refractivity contribution in [2.45, 2.75) is 19.9 Å². The highest BCUT2D eigenvalue weighted by molar-refractivity contribution is 7.80. The molecule has 92 valence electrons. The fourth-order valence-electron chi connectivity index (χ4n) is 1.40. The summed E-state index contributed by atoms with van der Waals surface area (Å²) in [6.45, 7) is 3.82. The smallest absolute Gasteiger partial charge is 0.240 e. The number of thiocarbonyl (C=S) groups is 1. The SMILES string of the molecule is CC(C)C(NC(=S)Nc1ccccc1)C(N)=O. The van der Waals surface area contributed by atoms with Gasteiger partial charge in [0.05, 0.1) is 0 Å². The molecular formula is C12H17N3OS. The van der Waals surface area contributed by atoms with Gasteiger partial charge in [-0.05, 0) is 30.3 Å². The van der Waals surface area contributed by atoms with Crippen LogP contribution in [0.1, 0.15) is 13.8 Å². The summed E-state index contributed by atoms with van der Waals surface area (Å²) in [7, 11) is 0. The van der Waals surface area contributed by atoms with Crippen molar-refractivity contribution >= 4 is 28.9 Å². The van der Waals surface area contributed by atoms with Gasteiger partial charge in [-0.3, -0.25) is 4.79 Å². The van der Waals surface area contributed by atoms with Crippen LogP contribution in [0.2, 0.25) is 0 Å². The monoisotopic (exact) mass is 251 g/mol. The Labute approximate surface area is 107 Å². The topological polar surface area (TPSA) is 67.2 Å². The minimum atomic E-state index is -0.460. The van der Waals surface area contributed by atoms with Gasteiger partial charge < -0.3 is 16.4 Å². The summed E-state index contributed by atoms with van der Waals surface area (Å²) in [4.78, 5) is 11.2. The van der Waals surface area contributed by atoms with Gasteiger partial charge in [-0.2, -0.15) is 0 Å². The third kappa shape index (κ3) is 4.40. The molecule has 1 rings (SSSR count). The first-order valence-corrected chi connectivity index (χ1v) is 5.83. The summed E-state index contributed by atoms with van der Waals surface area (Å²) < 4.78 is 0. The summed E-state index contributed by atoms with van der Waals surface area (Å²) in [5, 5.41) is 6.30. The van der Waals surface area contributed by atoms with Gasteiger partial charge in [0, 0.05) is 5.69 Å². The Bertz CT molecular complexity index is 392. The predicted molar refractivity (Wildman–Crippen MR) is 73.6 cm³/mol. The zero-order valence-electron chi connectivity index (χ0n) is 9.94. The summed E-state index contributed by atoms with van der Waals surface area (Å²) in [6, 6.07) is 9.05. The third-order valence-electron chi connectivity index (χ3n) is 2.29. The van der Waals surface area contributed by atoms with Crippen LogP contribution in [0.25, 0.3) is 0 Å². The molecule has 1 unspecified atom stereocenters. The summed E-state index contributed by atoms with van der Waals surface area (Å²) in [5.41, 5.74) is 6.16. The van der Waals surface area contributed by atoms with E-state index in [0.717, 1.165) is 5.69 Å². The van der Waals surface area contributed by atoms with Crippen LogP contribution in [0.3, 0.4) is 0 Å². The third-order valence-corrected chi connectivity index (χ3v) is 2.51. The highest BCUT2D eigenvalue weighted by atomic mass is 32.1. The second-order valence-corrected chi connectivity index (χ2v) is 4.50. The van der Waals surface area contributed by atoms with Crippen LogP contribution in [0.15, 0.2) is 30.3 Å². The van der Waals surface area contributed by atoms with Gasteiger partial charge >= 0.3 is 0 Å². The van der Waals surface area contributed by atoms with Crippen LogP contribution in [-0.4, -0.2) is 17.1 Å². The Morgan fingerprint density at radius 3 is 2.35 bits per heavy atom. The van der Waals surface area contributed by atoms with Crippen molar-refractivity contribution in [2.24, 2.45) is 11.7 Å². The maximum absolute atomic E-state index is 11.2. The van der Waals surface area contributed by atoms with Crippen LogP contribution in [0.5, 0.6) is 0 Å². The largest absolute Gasteiger partial charge is 0.368 e. The molecule has 0 spiro atoms. The molecule has 0 aromatic heterocycles. The number of benzene rings is 1. The van der Waals surface area contributed by atoms with Crippen LogP contribution in [0.4, 0.5) is 5.69 Å². The van der Waals surface area contributed by atoms with Crippen LogP contribution >= 0.6 is 12.2 Å². The van der Waals surface area contributed by atoms with Crippen molar-refractivity contribution in [1.29, 1.82) is 0 Å². The number of para-hydroxylation sites is 1. The molecule has 0 aliphatic heterocycles. The molecule has 4 nitrogen and oxygen atoms in total. The van der Waals surface area contributed by atoms with E-state index < -0.39 is 11.9 Å². The molecule has 1 aromatic rings. The van der Waals surface area contributed by atoms with Crippen molar-refractivity contribution in [3.63, 3.8) is 0 Å². The number of carbonyl (C=O) groups is 1. The highest BCUT2D eigenvalue weighted by Crippen LogP contribution is 2.06. The van der Waals surface area contributed by atoms with Gasteiger partial charge in [-0.15, -0.1) is 0 Å². The fourth-order valence-corrected chi connectivity index (χ4v) is 1.64. The number of primary amides is 1. The zero-order valence-corrected chi connectivity index (χ0v) is 10.8. The molecule has 4 N–H and O–H groups in total. The minimum absolute atomic E-state index is 0.0861. The molecule has 0 aliphatic carbocycles. The van der Waals surface area contributed by atoms with Crippen LogP contribution < -0.4 is 16.4 Å². The summed E-state index contributed by atoms with van der Waals surface area (Å²) in [5.74, 6) is -0.319. The molecule has 17 heavy (non-hydrogen) atoms. The van der Waals surface area contributed by atoms with Gasteiger partial charge in [0.15, 0.2) is 5.11 Å². The molecule has 0 aliphatic rings. The lowest BCUT2D eigenvalue weighted by Gasteiger charge is -2.21. The number of rotatable bonds is 4. The van der Waals surface area contributed by atoms with Crippen LogP contribution in [-0.2, 0) is 4.79 Å². The second-order valence-electron chi connectivity index (χ2n) is 4.09. The number of hydrogen-bond donors (Lipinski definition) is 3. The van der Waals surface area contributed by atoms with Gasteiger partial charge in [-0.25, -0.2) is 0 Å². The van der Waals surface area contributed by atoms with E-state index in [1.807, 2.05) is 44.2 Å². The average molecular weight is 251 g/mol. The van der Waals surface area contributed by atoms with Crippen LogP contribution in [0, 0.1) is 5.92 Å². The molecule has 1 atom stereocenters. The first kappa shape index (κ1) is 13.4. The van der Waals surface area contributed by atoms with E-state index >= 15 is 0 Å². The second kappa shape index (κ2) is 6.20. The van der Waals surface area contributed by atoms with Crippen molar-refractivity contribution in [3.8, 4) is 0 Å². The van der Waals surface area contributed by atoms with Crippen molar-refractivity contribution < 1.29 is 4.79 Å². The molecule has 0 heterocycles. The Morgan fingerprint density at radius 2 is 1.88 bits per heavy atom. The summed E-state index contributed by atoms with van der Waals surface area (Å²) >= 11 is 5.12. The maximum Gasteiger partial charge on any atom is 0.240 e. The molecule has 1 amide bonds. The Morgan fingerprint density at radius 1 is 1.29 bits per heavy atom. The molecule has 0 fully saturated rings. The molecule has 0 saturated heterocycles. The van der Waals surface area contributed by atoms with Gasteiger partial charge in [0.25, 0.3) is 0 Å². The first-order valence-electron chi connectivity index (χ1n) is 5.42. The van der Waals surface area contributed by atoms with Gasteiger partial charge in [0.1, 0.15) is 6.04 Å². The Kier molecular flexibility index (Phi) is 4.90. The van der Waals surface area contributed by atoms with Gasteiger partial charge in [0.2, 0.25) is 5.91 Å². The van der Waals surface area contributed by atoms with E-state index in [9.17, 15) is 4.79 Å². The lowest BCUT2D eigenvalue weighted by molar-refractivity contribution is -0.120. The average Bonchev–Trinajstić information content (AvgIpc) is 2.26. The maximum atomic E-state index is 11.2. The van der Waals surface area contributed by atoms with E-state index in [0.29, 0.717) is 5.11 Å². The molecule has 0 radical (unpaired) electrons. The van der Waals surface area contributed by atoms with E-state index in [2.05, 4.69) is 10.6 Å². The molecule has 0 bridgehead atoms. The lowest BCUT2D eigenvalue weighted by Crippen LogP contribution is -2.49. The fraction of sp³-hybridized carbons (Fsp3) is 0.333.